The van der Waals surface area contributed by atoms with Crippen molar-refractivity contribution in [3.63, 3.8) is 0 Å². The summed E-state index contributed by atoms with van der Waals surface area (Å²) in [5.74, 6) is -0.827. The molecular formula is C15H15ClFN3O3S. The Morgan fingerprint density at radius 2 is 2.33 bits per heavy atom. The number of ether oxygens (including phenoxy) is 1. The summed E-state index contributed by atoms with van der Waals surface area (Å²) in [4.78, 5) is 18.0. The highest BCUT2D eigenvalue weighted by Crippen LogP contribution is 2.39. The van der Waals surface area contributed by atoms with Crippen molar-refractivity contribution in [3.05, 3.63) is 29.2 Å². The van der Waals surface area contributed by atoms with Crippen molar-refractivity contribution in [1.82, 2.24) is 14.5 Å². The zero-order chi connectivity index (χ0) is 16.9. The number of carbonyl (C=O) groups excluding carboxylic acids is 1. The topological polar surface area (TPSA) is 65.5 Å². The molecule has 2 unspecified atom stereocenters. The molecule has 1 aromatic heterocycles. The van der Waals surface area contributed by atoms with Crippen LogP contribution in [-0.4, -0.2) is 41.3 Å². The van der Waals surface area contributed by atoms with Crippen LogP contribution in [0.5, 0.6) is 0 Å². The third kappa shape index (κ3) is 2.78. The number of alkyl halides is 1. The first-order valence-electron chi connectivity index (χ1n) is 7.64. The van der Waals surface area contributed by atoms with Crippen molar-refractivity contribution < 1.29 is 13.9 Å². The van der Waals surface area contributed by atoms with Gasteiger partial charge in [-0.15, -0.1) is 11.6 Å². The molecule has 128 valence electrons. The Labute approximate surface area is 146 Å². The maximum absolute atomic E-state index is 13.5. The van der Waals surface area contributed by atoms with Crippen LogP contribution in [0.2, 0.25) is 0 Å². The molecule has 2 fully saturated rings. The zero-order valence-corrected chi connectivity index (χ0v) is 14.2. The molecule has 0 bridgehead atoms. The van der Waals surface area contributed by atoms with Crippen LogP contribution in [0.4, 0.5) is 9.52 Å². The molecule has 0 N–H and O–H groups in total. The van der Waals surface area contributed by atoms with Gasteiger partial charge in [0.05, 0.1) is 28.7 Å². The number of aromatic nitrogens is 1. The fraction of sp³-hybridized carbons (Fsp3) is 0.467. The van der Waals surface area contributed by atoms with E-state index in [0.29, 0.717) is 5.52 Å². The van der Waals surface area contributed by atoms with Crippen LogP contribution in [0.1, 0.15) is 12.8 Å². The second kappa shape index (κ2) is 5.89. The van der Waals surface area contributed by atoms with E-state index in [0.717, 1.165) is 17.5 Å². The number of hydrogen-bond donors (Lipinski definition) is 0. The highest BCUT2D eigenvalue weighted by molar-refractivity contribution is 7.22. The average Bonchev–Trinajstić information content (AvgIpc) is 3.24. The smallest absolute Gasteiger partial charge is 0.313 e. The SMILES string of the molecule is O=C(OC1CN(CCl)C[N+]1([O-])c1nc2cc(F)ccc2s1)C1CC1. The van der Waals surface area contributed by atoms with Crippen LogP contribution in [0.25, 0.3) is 10.2 Å². The van der Waals surface area contributed by atoms with Crippen molar-refractivity contribution in [1.29, 1.82) is 0 Å². The van der Waals surface area contributed by atoms with Crippen molar-refractivity contribution in [2.45, 2.75) is 19.1 Å². The van der Waals surface area contributed by atoms with Crippen LogP contribution in [0.3, 0.4) is 0 Å². The molecule has 9 heteroatoms. The maximum Gasteiger partial charge on any atom is 0.313 e. The van der Waals surface area contributed by atoms with E-state index in [1.165, 1.54) is 23.5 Å². The van der Waals surface area contributed by atoms with E-state index in [1.54, 1.807) is 11.0 Å². The standard InChI is InChI=1S/C15H15ClFN3O3S/c16-7-19-6-13(23-14(21)9-1-2-9)20(22,8-19)15-18-11-5-10(17)3-4-12(11)24-15/h3-5,9,13H,1-2,6-8H2. The lowest BCUT2D eigenvalue weighted by Gasteiger charge is -2.38. The van der Waals surface area contributed by atoms with E-state index in [1.807, 2.05) is 0 Å². The zero-order valence-electron chi connectivity index (χ0n) is 12.7. The number of nitrogens with zero attached hydrogens (tertiary/aromatic N) is 3. The third-order valence-electron chi connectivity index (χ3n) is 4.28. The lowest BCUT2D eigenvalue weighted by atomic mass is 10.3. The van der Waals surface area contributed by atoms with Crippen LogP contribution in [-0.2, 0) is 9.53 Å². The molecule has 2 heterocycles. The molecule has 0 amide bonds. The number of thiazole rings is 1. The molecule has 2 aromatic rings. The molecule has 1 saturated carbocycles. The molecule has 1 saturated heterocycles. The van der Waals surface area contributed by atoms with Gasteiger partial charge in [-0.25, -0.2) is 9.29 Å². The largest absolute Gasteiger partial charge is 0.622 e. The number of hydrogen-bond acceptors (Lipinski definition) is 6. The lowest BCUT2D eigenvalue weighted by Crippen LogP contribution is -2.51. The van der Waals surface area contributed by atoms with Gasteiger partial charge in [-0.2, -0.15) is 4.98 Å². The van der Waals surface area contributed by atoms with E-state index in [4.69, 9.17) is 16.3 Å². The Kier molecular flexibility index (Phi) is 3.97. The van der Waals surface area contributed by atoms with Gasteiger partial charge in [-0.3, -0.25) is 9.44 Å². The molecule has 0 radical (unpaired) electrons. The molecule has 2 atom stereocenters. The minimum atomic E-state index is -0.901. The summed E-state index contributed by atoms with van der Waals surface area (Å²) < 4.78 is 18.7. The van der Waals surface area contributed by atoms with E-state index in [9.17, 15) is 14.4 Å². The first-order chi connectivity index (χ1) is 11.5. The highest BCUT2D eigenvalue weighted by Gasteiger charge is 2.47. The fourth-order valence-corrected chi connectivity index (χ4v) is 3.98. The Balaban J connectivity index is 1.68. The second-order valence-electron chi connectivity index (χ2n) is 6.18. The number of hydroxylamine groups is 2. The number of halogens is 2. The first kappa shape index (κ1) is 16.2. The summed E-state index contributed by atoms with van der Waals surface area (Å²) >= 11 is 7.06. The molecule has 6 nitrogen and oxygen atoms in total. The number of benzene rings is 1. The molecule has 4 rings (SSSR count). The van der Waals surface area contributed by atoms with Crippen molar-refractivity contribution in [2.24, 2.45) is 5.92 Å². The van der Waals surface area contributed by atoms with E-state index in [2.05, 4.69) is 4.98 Å². The average molecular weight is 372 g/mol. The highest BCUT2D eigenvalue weighted by atomic mass is 35.5. The molecule has 1 aromatic carbocycles. The van der Waals surface area contributed by atoms with Crippen LogP contribution < -0.4 is 4.65 Å². The second-order valence-corrected chi connectivity index (χ2v) is 7.43. The number of fused-ring (bicyclic) bond motifs is 1. The van der Waals surface area contributed by atoms with Gasteiger partial charge in [0, 0.05) is 6.07 Å². The summed E-state index contributed by atoms with van der Waals surface area (Å²) in [5, 5.41) is 13.7. The van der Waals surface area contributed by atoms with E-state index < -0.39 is 16.7 Å². The van der Waals surface area contributed by atoms with E-state index >= 15 is 0 Å². The monoisotopic (exact) mass is 371 g/mol. The lowest BCUT2D eigenvalue weighted by molar-refractivity contribution is -0.155. The van der Waals surface area contributed by atoms with Gasteiger partial charge >= 0.3 is 5.97 Å². The molecule has 0 spiro atoms. The maximum atomic E-state index is 13.5. The van der Waals surface area contributed by atoms with Crippen molar-refractivity contribution in [3.8, 4) is 0 Å². The molecule has 2 aliphatic rings. The van der Waals surface area contributed by atoms with Gasteiger partial charge in [0.2, 0.25) is 0 Å². The van der Waals surface area contributed by atoms with Gasteiger partial charge in [0.25, 0.3) is 11.4 Å². The summed E-state index contributed by atoms with van der Waals surface area (Å²) in [6, 6.07) is 4.39. The molecule has 1 aliphatic heterocycles. The molecule has 24 heavy (non-hydrogen) atoms. The predicted octanol–water partition coefficient (Wildman–Crippen LogP) is 2.99. The van der Waals surface area contributed by atoms with Crippen LogP contribution in [0.15, 0.2) is 18.2 Å². The van der Waals surface area contributed by atoms with E-state index in [-0.39, 0.29) is 36.2 Å². The van der Waals surface area contributed by atoms with Crippen molar-refractivity contribution in [2.75, 3.05) is 19.2 Å². The third-order valence-corrected chi connectivity index (χ3v) is 5.77. The number of rotatable bonds is 4. The van der Waals surface area contributed by atoms with Gasteiger partial charge in [0.1, 0.15) is 12.5 Å². The minimum Gasteiger partial charge on any atom is -0.622 e. The van der Waals surface area contributed by atoms with Gasteiger partial charge in [-0.05, 0) is 25.0 Å². The number of esters is 1. The summed E-state index contributed by atoms with van der Waals surface area (Å²) in [6.45, 7) is 0.310. The van der Waals surface area contributed by atoms with Crippen molar-refractivity contribution >= 4 is 44.3 Å². The Bertz CT molecular complexity index is 799. The summed E-state index contributed by atoms with van der Waals surface area (Å²) in [5.41, 5.74) is 0.431. The fourth-order valence-electron chi connectivity index (χ4n) is 2.79. The number of quaternary nitrogens is 1. The van der Waals surface area contributed by atoms with Gasteiger partial charge < -0.3 is 9.94 Å². The first-order valence-corrected chi connectivity index (χ1v) is 8.99. The Morgan fingerprint density at radius 3 is 3.04 bits per heavy atom. The summed E-state index contributed by atoms with van der Waals surface area (Å²) in [6.07, 6.45) is 0.718. The predicted molar refractivity (Wildman–Crippen MR) is 89.6 cm³/mol. The Morgan fingerprint density at radius 1 is 1.54 bits per heavy atom. The Hall–Kier alpha value is -1.32. The normalized spacial score (nSPS) is 27.7. The summed E-state index contributed by atoms with van der Waals surface area (Å²) in [7, 11) is 0. The number of carbonyl (C=O) groups is 1. The molecular weight excluding hydrogens is 357 g/mol. The van der Waals surface area contributed by atoms with Crippen LogP contribution in [0, 0.1) is 16.9 Å². The molecule has 1 aliphatic carbocycles. The quantitative estimate of drug-likeness (QED) is 0.272. The minimum absolute atomic E-state index is 0.0500. The van der Waals surface area contributed by atoms with Gasteiger partial charge in [0.15, 0.2) is 0 Å². The van der Waals surface area contributed by atoms with Gasteiger partial charge in [-0.1, -0.05) is 11.3 Å². The van der Waals surface area contributed by atoms with Crippen LogP contribution >= 0.6 is 22.9 Å².